The first kappa shape index (κ1) is 17.2. The Morgan fingerprint density at radius 3 is 2.88 bits per heavy atom. The van der Waals surface area contributed by atoms with Crippen LogP contribution in [-0.2, 0) is 6.54 Å². The van der Waals surface area contributed by atoms with Gasteiger partial charge in [-0.2, -0.15) is 0 Å². The van der Waals surface area contributed by atoms with Crippen LogP contribution in [0.4, 0.5) is 0 Å². The van der Waals surface area contributed by atoms with Crippen molar-refractivity contribution in [1.29, 1.82) is 0 Å². The second-order valence-electron chi connectivity index (χ2n) is 5.77. The third-order valence-corrected chi connectivity index (χ3v) is 4.05. The normalized spacial score (nSPS) is 16.0. The van der Waals surface area contributed by atoms with E-state index in [1.165, 1.54) is 0 Å². The van der Waals surface area contributed by atoms with Crippen LogP contribution in [0.3, 0.4) is 0 Å². The van der Waals surface area contributed by atoms with E-state index < -0.39 is 0 Å². The molecule has 0 aliphatic carbocycles. The number of hydrogen-bond donors (Lipinski definition) is 1. The molecule has 134 valence electrons. The highest BCUT2D eigenvalue weighted by molar-refractivity contribution is 5.80. The number of pyridine rings is 1. The van der Waals surface area contributed by atoms with Gasteiger partial charge in [-0.15, -0.1) is 0 Å². The molecule has 1 fully saturated rings. The zero-order valence-corrected chi connectivity index (χ0v) is 14.5. The molecule has 2 aromatic rings. The largest absolute Gasteiger partial charge is 0.490 e. The Morgan fingerprint density at radius 2 is 2.20 bits per heavy atom. The van der Waals surface area contributed by atoms with Gasteiger partial charge in [0.25, 0.3) is 0 Å². The molecule has 0 unspecified atom stereocenters. The summed E-state index contributed by atoms with van der Waals surface area (Å²) in [5.41, 5.74) is 0.975. The standard InChI is InChI=1S/C17H24N6O2/c1-18-17(20-6-12-24-16-3-2-5-19-13-16)23-9-7-22(8-10-23)14-15-4-11-25-21-15/h2-5,11,13H,6-10,12,14H2,1H3,(H,18,20). The minimum Gasteiger partial charge on any atom is -0.490 e. The van der Waals surface area contributed by atoms with Gasteiger partial charge in [0.05, 0.1) is 18.4 Å². The van der Waals surface area contributed by atoms with Gasteiger partial charge in [0, 0.05) is 52.0 Å². The lowest BCUT2D eigenvalue weighted by molar-refractivity contribution is 0.168. The van der Waals surface area contributed by atoms with Gasteiger partial charge in [-0.3, -0.25) is 14.9 Å². The predicted molar refractivity (Wildman–Crippen MR) is 94.4 cm³/mol. The fraction of sp³-hybridized carbons (Fsp3) is 0.471. The van der Waals surface area contributed by atoms with Crippen molar-refractivity contribution in [3.05, 3.63) is 42.5 Å². The number of aromatic nitrogens is 2. The van der Waals surface area contributed by atoms with Crippen LogP contribution in [0.2, 0.25) is 0 Å². The van der Waals surface area contributed by atoms with Crippen molar-refractivity contribution in [2.24, 2.45) is 4.99 Å². The summed E-state index contributed by atoms with van der Waals surface area (Å²) in [6, 6.07) is 5.67. The van der Waals surface area contributed by atoms with E-state index >= 15 is 0 Å². The van der Waals surface area contributed by atoms with Crippen LogP contribution in [0, 0.1) is 0 Å². The predicted octanol–water partition coefficient (Wildman–Crippen LogP) is 0.842. The van der Waals surface area contributed by atoms with Crippen molar-refractivity contribution in [3.8, 4) is 5.75 Å². The van der Waals surface area contributed by atoms with Gasteiger partial charge >= 0.3 is 0 Å². The SMILES string of the molecule is CN=C(NCCOc1cccnc1)N1CCN(Cc2ccon2)CC1. The summed E-state index contributed by atoms with van der Waals surface area (Å²) in [7, 11) is 1.81. The maximum atomic E-state index is 5.64. The van der Waals surface area contributed by atoms with Gasteiger partial charge in [-0.25, -0.2) is 0 Å². The van der Waals surface area contributed by atoms with E-state index in [2.05, 4.69) is 30.2 Å². The Labute approximate surface area is 147 Å². The van der Waals surface area contributed by atoms with E-state index in [1.54, 1.807) is 18.7 Å². The van der Waals surface area contributed by atoms with Crippen LogP contribution in [0.15, 0.2) is 46.4 Å². The molecule has 1 saturated heterocycles. The van der Waals surface area contributed by atoms with Crippen molar-refractivity contribution in [3.63, 3.8) is 0 Å². The average Bonchev–Trinajstić information content (AvgIpc) is 3.17. The zero-order chi connectivity index (χ0) is 17.3. The molecule has 3 rings (SSSR count). The van der Waals surface area contributed by atoms with Crippen molar-refractivity contribution in [2.75, 3.05) is 46.4 Å². The van der Waals surface area contributed by atoms with Crippen LogP contribution in [-0.4, -0.2) is 72.3 Å². The Kier molecular flexibility index (Phi) is 6.22. The van der Waals surface area contributed by atoms with E-state index in [9.17, 15) is 0 Å². The molecule has 8 nitrogen and oxygen atoms in total. The molecule has 0 spiro atoms. The molecule has 0 aromatic carbocycles. The minimum absolute atomic E-state index is 0.566. The average molecular weight is 344 g/mol. The smallest absolute Gasteiger partial charge is 0.193 e. The first-order valence-corrected chi connectivity index (χ1v) is 8.45. The highest BCUT2D eigenvalue weighted by Crippen LogP contribution is 2.07. The van der Waals surface area contributed by atoms with Gasteiger partial charge in [0.15, 0.2) is 5.96 Å². The summed E-state index contributed by atoms with van der Waals surface area (Å²) in [6.07, 6.45) is 5.06. The number of rotatable bonds is 6. The Hall–Kier alpha value is -2.61. The molecular formula is C17H24N6O2. The third kappa shape index (κ3) is 5.18. The topological polar surface area (TPSA) is 79.0 Å². The van der Waals surface area contributed by atoms with Crippen molar-refractivity contribution in [1.82, 2.24) is 25.3 Å². The maximum absolute atomic E-state index is 5.64. The summed E-state index contributed by atoms with van der Waals surface area (Å²) in [4.78, 5) is 13.0. The lowest BCUT2D eigenvalue weighted by Crippen LogP contribution is -2.52. The summed E-state index contributed by atoms with van der Waals surface area (Å²) in [5.74, 6) is 1.69. The summed E-state index contributed by atoms with van der Waals surface area (Å²) < 4.78 is 10.5. The molecule has 0 amide bonds. The van der Waals surface area contributed by atoms with Gasteiger partial charge in [-0.05, 0) is 12.1 Å². The molecule has 0 atom stereocenters. The van der Waals surface area contributed by atoms with E-state index in [0.29, 0.717) is 13.2 Å². The highest BCUT2D eigenvalue weighted by atomic mass is 16.5. The fourth-order valence-electron chi connectivity index (χ4n) is 2.76. The Bertz CT molecular complexity index is 638. The van der Waals surface area contributed by atoms with E-state index in [1.807, 2.05) is 25.2 Å². The monoisotopic (exact) mass is 344 g/mol. The summed E-state index contributed by atoms with van der Waals surface area (Å²) in [6.45, 7) is 5.90. The Balaban J connectivity index is 1.37. The molecule has 1 aliphatic rings. The lowest BCUT2D eigenvalue weighted by Gasteiger charge is -2.36. The van der Waals surface area contributed by atoms with Crippen molar-refractivity contribution >= 4 is 5.96 Å². The number of aliphatic imine (C=N–C) groups is 1. The number of guanidine groups is 1. The molecular weight excluding hydrogens is 320 g/mol. The van der Waals surface area contributed by atoms with E-state index in [4.69, 9.17) is 9.26 Å². The van der Waals surface area contributed by atoms with Gasteiger partial charge in [0.1, 0.15) is 18.6 Å². The second kappa shape index (κ2) is 9.03. The first-order chi connectivity index (χ1) is 12.3. The van der Waals surface area contributed by atoms with E-state index in [0.717, 1.165) is 50.1 Å². The minimum atomic E-state index is 0.566. The molecule has 0 saturated carbocycles. The molecule has 8 heteroatoms. The van der Waals surface area contributed by atoms with Crippen LogP contribution in [0.5, 0.6) is 5.75 Å². The summed E-state index contributed by atoms with van der Waals surface area (Å²) in [5, 5.41) is 7.33. The number of piperazine rings is 1. The third-order valence-electron chi connectivity index (χ3n) is 4.05. The number of nitrogens with zero attached hydrogens (tertiary/aromatic N) is 5. The first-order valence-electron chi connectivity index (χ1n) is 8.45. The molecule has 3 heterocycles. The van der Waals surface area contributed by atoms with Gasteiger partial charge in [0.2, 0.25) is 0 Å². The van der Waals surface area contributed by atoms with Crippen molar-refractivity contribution < 1.29 is 9.26 Å². The zero-order valence-electron chi connectivity index (χ0n) is 14.5. The summed E-state index contributed by atoms with van der Waals surface area (Å²) >= 11 is 0. The van der Waals surface area contributed by atoms with Crippen molar-refractivity contribution in [2.45, 2.75) is 6.54 Å². The number of hydrogen-bond acceptors (Lipinski definition) is 6. The Morgan fingerprint density at radius 1 is 1.32 bits per heavy atom. The highest BCUT2D eigenvalue weighted by Gasteiger charge is 2.20. The van der Waals surface area contributed by atoms with Crippen LogP contribution in [0.25, 0.3) is 0 Å². The van der Waals surface area contributed by atoms with E-state index in [-0.39, 0.29) is 0 Å². The van der Waals surface area contributed by atoms with Crippen LogP contribution in [0.1, 0.15) is 5.69 Å². The molecule has 1 N–H and O–H groups in total. The fourth-order valence-corrected chi connectivity index (χ4v) is 2.76. The quantitative estimate of drug-likeness (QED) is 0.473. The molecule has 1 aliphatic heterocycles. The maximum Gasteiger partial charge on any atom is 0.193 e. The van der Waals surface area contributed by atoms with Gasteiger partial charge in [-0.1, -0.05) is 5.16 Å². The second-order valence-corrected chi connectivity index (χ2v) is 5.77. The van der Waals surface area contributed by atoms with Gasteiger partial charge < -0.3 is 19.5 Å². The molecule has 0 bridgehead atoms. The number of ether oxygens (including phenoxy) is 1. The molecule has 2 aromatic heterocycles. The lowest BCUT2D eigenvalue weighted by atomic mass is 10.3. The number of nitrogens with one attached hydrogen (secondary N) is 1. The van der Waals surface area contributed by atoms with Crippen LogP contribution >= 0.6 is 0 Å². The molecule has 0 radical (unpaired) electrons. The molecule has 25 heavy (non-hydrogen) atoms. The van der Waals surface area contributed by atoms with Crippen LogP contribution < -0.4 is 10.1 Å².